The molecular weight excluding hydrogens is 560 g/mol. The molecular formula is C34H42F4N2Ti. The summed E-state index contributed by atoms with van der Waals surface area (Å²) in [6.45, 7) is 14.2. The summed E-state index contributed by atoms with van der Waals surface area (Å²) in [7, 11) is 0. The van der Waals surface area contributed by atoms with Gasteiger partial charge in [-0.05, 0) is 0 Å². The molecule has 41 heavy (non-hydrogen) atoms. The summed E-state index contributed by atoms with van der Waals surface area (Å²) >= 11 is -4.86. The summed E-state index contributed by atoms with van der Waals surface area (Å²) in [5, 5.41) is 0. The van der Waals surface area contributed by atoms with Crippen molar-refractivity contribution < 1.29 is 34.2 Å². The SMILES string of the molecule is CCN(CC(C)C)c1ccc(F)[c]([Ti]([C]2=CC=CC2)([C]2=CC=CC2)[c]2c(F)ccc(N(CC)CC(C)C)c2F)c1F. The molecule has 0 unspecified atom stereocenters. The number of halogens is 4. The molecule has 0 bridgehead atoms. The molecule has 0 radical (unpaired) electrons. The van der Waals surface area contributed by atoms with E-state index in [0.29, 0.717) is 39.0 Å². The molecule has 0 amide bonds. The summed E-state index contributed by atoms with van der Waals surface area (Å²) in [6, 6.07) is 5.53. The monoisotopic (exact) mass is 602 g/mol. The average Bonchev–Trinajstić information content (AvgIpc) is 3.65. The Kier molecular flexibility index (Phi) is 10.1. The predicted molar refractivity (Wildman–Crippen MR) is 161 cm³/mol. The predicted octanol–water partition coefficient (Wildman–Crippen LogP) is 8.00. The number of benzene rings is 2. The van der Waals surface area contributed by atoms with Crippen LogP contribution in [0.4, 0.5) is 28.9 Å². The molecule has 0 aromatic heterocycles. The molecule has 2 nitrogen and oxygen atoms in total. The van der Waals surface area contributed by atoms with Gasteiger partial charge in [0, 0.05) is 0 Å². The number of hydrogen-bond acceptors (Lipinski definition) is 2. The van der Waals surface area contributed by atoms with Crippen molar-refractivity contribution in [2.45, 2.75) is 54.4 Å². The van der Waals surface area contributed by atoms with Crippen molar-refractivity contribution in [2.75, 3.05) is 36.0 Å². The average molecular weight is 603 g/mol. The molecule has 0 aliphatic heterocycles. The van der Waals surface area contributed by atoms with Gasteiger partial charge < -0.3 is 0 Å². The summed E-state index contributed by atoms with van der Waals surface area (Å²) < 4.78 is 68.0. The molecule has 0 saturated heterocycles. The zero-order valence-electron chi connectivity index (χ0n) is 25.1. The van der Waals surface area contributed by atoms with Crippen LogP contribution in [0.25, 0.3) is 0 Å². The number of rotatable bonds is 12. The summed E-state index contributed by atoms with van der Waals surface area (Å²) in [5.41, 5.74) is 0.551. The first-order chi connectivity index (χ1) is 19.6. The standard InChI is InChI=1S/2C12H16F2N.2C5H5.Ti/c2*1-4-15(8-9(2)3)12-6-5-10(13)7-11(12)14;2*1-2-4-5-3-1;/h2*5-6,9H,4,8H2,1-3H3;2*1-3H,4H2;. The third-order valence-corrected chi connectivity index (χ3v) is 16.0. The van der Waals surface area contributed by atoms with Crippen LogP contribution in [-0.4, -0.2) is 26.2 Å². The molecule has 0 saturated carbocycles. The maximum absolute atomic E-state index is 17.1. The Morgan fingerprint density at radius 2 is 1.05 bits per heavy atom. The molecule has 4 rings (SSSR count). The van der Waals surface area contributed by atoms with Gasteiger partial charge in [0.05, 0.1) is 0 Å². The van der Waals surface area contributed by atoms with Crippen LogP contribution in [0.1, 0.15) is 54.4 Å². The first-order valence-electron chi connectivity index (χ1n) is 14.8. The van der Waals surface area contributed by atoms with E-state index in [9.17, 15) is 0 Å². The Morgan fingerprint density at radius 3 is 1.34 bits per heavy atom. The van der Waals surface area contributed by atoms with Crippen molar-refractivity contribution in [1.29, 1.82) is 0 Å². The van der Waals surface area contributed by atoms with Crippen molar-refractivity contribution in [2.24, 2.45) is 11.8 Å². The Balaban J connectivity index is 2.14. The van der Waals surface area contributed by atoms with E-state index in [4.69, 9.17) is 0 Å². The second-order valence-corrected chi connectivity index (χ2v) is 17.7. The van der Waals surface area contributed by atoms with E-state index in [0.717, 1.165) is 7.76 Å². The summed E-state index contributed by atoms with van der Waals surface area (Å²) in [5.74, 6) is -2.41. The third kappa shape index (κ3) is 5.88. The van der Waals surface area contributed by atoms with Crippen LogP contribution >= 0.6 is 0 Å². The molecule has 0 atom stereocenters. The van der Waals surface area contributed by atoms with Gasteiger partial charge in [-0.2, -0.15) is 0 Å². The van der Waals surface area contributed by atoms with Crippen LogP contribution in [-0.2, 0) is 16.6 Å². The summed E-state index contributed by atoms with van der Waals surface area (Å²) in [6.07, 6.45) is 12.0. The van der Waals surface area contributed by atoms with E-state index in [1.54, 1.807) is 0 Å². The Bertz CT molecular complexity index is 1280. The zero-order valence-corrected chi connectivity index (χ0v) is 26.6. The summed E-state index contributed by atoms with van der Waals surface area (Å²) in [4.78, 5) is 3.78. The fourth-order valence-corrected chi connectivity index (χ4v) is 14.6. The molecule has 2 aliphatic carbocycles. The zero-order chi connectivity index (χ0) is 29.9. The number of allylic oxidation sites excluding steroid dienone is 8. The normalized spacial score (nSPS) is 14.8. The fraction of sp³-hybridized carbons (Fsp3) is 0.412. The van der Waals surface area contributed by atoms with Crippen molar-refractivity contribution in [1.82, 2.24) is 0 Å². The van der Waals surface area contributed by atoms with Crippen LogP contribution in [0.2, 0.25) is 0 Å². The Labute approximate surface area is 246 Å². The van der Waals surface area contributed by atoms with E-state index in [1.165, 1.54) is 24.3 Å². The minimum atomic E-state index is -4.86. The van der Waals surface area contributed by atoms with Crippen LogP contribution in [0.3, 0.4) is 0 Å². The molecule has 2 aromatic carbocycles. The topological polar surface area (TPSA) is 6.48 Å². The van der Waals surface area contributed by atoms with Gasteiger partial charge in [-0.15, -0.1) is 0 Å². The molecule has 0 fully saturated rings. The maximum atomic E-state index is 17.1. The molecule has 0 heterocycles. The number of anilines is 2. The van der Waals surface area contributed by atoms with Gasteiger partial charge in [-0.1, -0.05) is 0 Å². The van der Waals surface area contributed by atoms with Crippen LogP contribution in [0.15, 0.2) is 68.5 Å². The van der Waals surface area contributed by atoms with E-state index in [1.807, 2.05) is 87.8 Å². The fourth-order valence-electron chi connectivity index (χ4n) is 6.36. The van der Waals surface area contributed by atoms with Crippen LogP contribution < -0.4 is 17.5 Å². The van der Waals surface area contributed by atoms with Crippen molar-refractivity contribution >= 4 is 19.1 Å². The second-order valence-electron chi connectivity index (χ2n) is 11.8. The van der Waals surface area contributed by atoms with Crippen molar-refractivity contribution in [3.63, 3.8) is 0 Å². The first kappa shape index (κ1) is 31.4. The molecule has 2 aromatic rings. The first-order valence-corrected chi connectivity index (χ1v) is 17.9. The number of nitrogens with zero attached hydrogens (tertiary/aromatic N) is 2. The van der Waals surface area contributed by atoms with Gasteiger partial charge in [0.2, 0.25) is 0 Å². The molecule has 0 N–H and O–H groups in total. The minimum absolute atomic E-state index is 0.142. The molecule has 7 heteroatoms. The Hall–Kier alpha value is -2.57. The van der Waals surface area contributed by atoms with E-state index in [2.05, 4.69) is 0 Å². The van der Waals surface area contributed by atoms with Crippen molar-refractivity contribution in [3.8, 4) is 0 Å². The second kappa shape index (κ2) is 13.2. The van der Waals surface area contributed by atoms with Crippen LogP contribution in [0.5, 0.6) is 0 Å². The van der Waals surface area contributed by atoms with Gasteiger partial charge in [-0.25, -0.2) is 0 Å². The van der Waals surface area contributed by atoms with Gasteiger partial charge in [-0.3, -0.25) is 0 Å². The Morgan fingerprint density at radius 1 is 0.659 bits per heavy atom. The van der Waals surface area contributed by atoms with Gasteiger partial charge >= 0.3 is 247 Å². The van der Waals surface area contributed by atoms with Gasteiger partial charge in [0.25, 0.3) is 0 Å². The third-order valence-electron chi connectivity index (χ3n) is 8.01. The molecule has 0 spiro atoms. The van der Waals surface area contributed by atoms with Crippen LogP contribution in [0, 0.1) is 35.1 Å². The number of hydrogen-bond donors (Lipinski definition) is 0. The van der Waals surface area contributed by atoms with E-state index < -0.39 is 39.9 Å². The van der Waals surface area contributed by atoms with E-state index in [-0.39, 0.29) is 30.9 Å². The van der Waals surface area contributed by atoms with Crippen molar-refractivity contribution in [3.05, 3.63) is 91.7 Å². The van der Waals surface area contributed by atoms with E-state index >= 15 is 17.6 Å². The molecule has 2 aliphatic rings. The molecule has 220 valence electrons. The van der Waals surface area contributed by atoms with Gasteiger partial charge in [0.1, 0.15) is 0 Å². The quantitative estimate of drug-likeness (QED) is 0.180. The van der Waals surface area contributed by atoms with Gasteiger partial charge in [0.15, 0.2) is 0 Å².